The van der Waals surface area contributed by atoms with Crippen LogP contribution in [-0.4, -0.2) is 38.4 Å². The van der Waals surface area contributed by atoms with E-state index in [2.05, 4.69) is 13.8 Å². The molecule has 3 atom stereocenters. The molecule has 0 aliphatic rings. The zero-order valence-corrected chi connectivity index (χ0v) is 21.6. The Bertz CT molecular complexity index is 980. The smallest absolute Gasteiger partial charge is 0.335 e. The van der Waals surface area contributed by atoms with E-state index in [1.165, 1.54) is 0 Å². The SMILES string of the molecule is CC(C)CC(O)C(C)C(C)O.O=C(O)c1ccccc1.O=P(O)(c1ccccc1)c1ccccc1. The molecule has 0 bridgehead atoms. The summed E-state index contributed by atoms with van der Waals surface area (Å²) >= 11 is 0. The third-order valence-corrected chi connectivity index (χ3v) is 7.31. The Morgan fingerprint density at radius 1 is 0.743 bits per heavy atom. The number of carboxylic acids is 1. The summed E-state index contributed by atoms with van der Waals surface area (Å²) in [6.45, 7) is 7.72. The van der Waals surface area contributed by atoms with Gasteiger partial charge in [-0.15, -0.1) is 0 Å². The van der Waals surface area contributed by atoms with Crippen LogP contribution in [0, 0.1) is 11.8 Å². The van der Waals surface area contributed by atoms with E-state index < -0.39 is 19.4 Å². The Balaban J connectivity index is 0.000000273. The molecule has 0 radical (unpaired) electrons. The van der Waals surface area contributed by atoms with Gasteiger partial charge in [-0.1, -0.05) is 75.4 Å². The van der Waals surface area contributed by atoms with Gasteiger partial charge in [0.15, 0.2) is 0 Å². The maximum Gasteiger partial charge on any atom is 0.335 e. The Hall–Kier alpha value is -2.76. The molecule has 3 unspecified atom stereocenters. The first-order valence-corrected chi connectivity index (χ1v) is 13.2. The minimum atomic E-state index is -3.40. The van der Waals surface area contributed by atoms with Crippen molar-refractivity contribution in [1.82, 2.24) is 0 Å². The summed E-state index contributed by atoms with van der Waals surface area (Å²) in [7, 11) is -3.40. The number of aliphatic hydroxyl groups is 2. The lowest BCUT2D eigenvalue weighted by atomic mass is 9.92. The summed E-state index contributed by atoms with van der Waals surface area (Å²) in [6, 6.07) is 25.7. The first-order chi connectivity index (χ1) is 16.5. The number of hydrogen-bond acceptors (Lipinski definition) is 4. The minimum Gasteiger partial charge on any atom is -0.478 e. The molecular weight excluding hydrogens is 463 g/mol. The van der Waals surface area contributed by atoms with Gasteiger partial charge in [0.25, 0.3) is 7.37 Å². The van der Waals surface area contributed by atoms with Crippen LogP contribution in [0.1, 0.15) is 44.5 Å². The van der Waals surface area contributed by atoms with Gasteiger partial charge in [0.2, 0.25) is 0 Å². The molecule has 35 heavy (non-hydrogen) atoms. The molecule has 6 nitrogen and oxygen atoms in total. The largest absolute Gasteiger partial charge is 0.478 e. The average molecular weight is 501 g/mol. The van der Waals surface area contributed by atoms with Crippen molar-refractivity contribution in [2.24, 2.45) is 11.8 Å². The highest BCUT2D eigenvalue weighted by molar-refractivity contribution is 7.73. The highest BCUT2D eigenvalue weighted by Gasteiger charge is 2.23. The lowest BCUT2D eigenvalue weighted by Crippen LogP contribution is -2.28. The van der Waals surface area contributed by atoms with Crippen molar-refractivity contribution < 1.29 is 29.6 Å². The summed E-state index contributed by atoms with van der Waals surface area (Å²) < 4.78 is 12.2. The van der Waals surface area contributed by atoms with Crippen molar-refractivity contribution in [3.63, 3.8) is 0 Å². The molecule has 190 valence electrons. The van der Waals surface area contributed by atoms with Crippen LogP contribution in [0.25, 0.3) is 0 Å². The topological polar surface area (TPSA) is 115 Å². The third-order valence-electron chi connectivity index (χ3n) is 5.31. The fourth-order valence-electron chi connectivity index (χ4n) is 3.01. The van der Waals surface area contributed by atoms with Gasteiger partial charge in [-0.2, -0.15) is 0 Å². The molecule has 0 aromatic heterocycles. The molecule has 0 spiro atoms. The fraction of sp³-hybridized carbons (Fsp3) is 0.321. The molecule has 3 aromatic carbocycles. The van der Waals surface area contributed by atoms with Crippen LogP contribution in [0.5, 0.6) is 0 Å². The highest BCUT2D eigenvalue weighted by Crippen LogP contribution is 2.37. The zero-order valence-electron chi connectivity index (χ0n) is 20.7. The average Bonchev–Trinajstić information content (AvgIpc) is 2.85. The molecule has 0 saturated heterocycles. The Kier molecular flexibility index (Phi) is 13.2. The lowest BCUT2D eigenvalue weighted by Gasteiger charge is -2.22. The second kappa shape index (κ2) is 15.3. The number of rotatable bonds is 7. The van der Waals surface area contributed by atoms with Gasteiger partial charge in [0, 0.05) is 16.5 Å². The number of hydrogen-bond donors (Lipinski definition) is 4. The van der Waals surface area contributed by atoms with Gasteiger partial charge in [0.1, 0.15) is 0 Å². The fourth-order valence-corrected chi connectivity index (χ4v) is 4.46. The summed E-state index contributed by atoms with van der Waals surface area (Å²) in [6.07, 6.45) is -0.00903. The molecule has 0 saturated carbocycles. The monoisotopic (exact) mass is 500 g/mol. The van der Waals surface area contributed by atoms with Crippen LogP contribution in [0.15, 0.2) is 91.0 Å². The number of carboxylic acid groups (broad SMARTS) is 1. The van der Waals surface area contributed by atoms with Crippen LogP contribution in [0.3, 0.4) is 0 Å². The normalized spacial score (nSPS) is 13.4. The number of benzene rings is 3. The molecule has 7 heteroatoms. The summed E-state index contributed by atoms with van der Waals surface area (Å²) in [5.74, 6) is -0.404. The molecule has 0 aliphatic heterocycles. The second-order valence-corrected chi connectivity index (χ2v) is 10.9. The van der Waals surface area contributed by atoms with Crippen molar-refractivity contribution in [1.29, 1.82) is 0 Å². The van der Waals surface area contributed by atoms with E-state index in [-0.39, 0.29) is 12.0 Å². The highest BCUT2D eigenvalue weighted by atomic mass is 31.2. The molecule has 0 heterocycles. The Morgan fingerprint density at radius 2 is 1.11 bits per heavy atom. The molecule has 3 aromatic rings. The zero-order chi connectivity index (χ0) is 26.4. The van der Waals surface area contributed by atoms with Gasteiger partial charge in [0.05, 0.1) is 17.8 Å². The van der Waals surface area contributed by atoms with Crippen molar-refractivity contribution in [3.8, 4) is 0 Å². The van der Waals surface area contributed by atoms with Crippen LogP contribution in [-0.2, 0) is 4.57 Å². The van der Waals surface area contributed by atoms with Crippen LogP contribution in [0.4, 0.5) is 0 Å². The Labute approximate surface area is 208 Å². The van der Waals surface area contributed by atoms with Gasteiger partial charge < -0.3 is 20.2 Å². The van der Waals surface area contributed by atoms with Crippen LogP contribution in [0.2, 0.25) is 0 Å². The maximum absolute atomic E-state index is 12.2. The van der Waals surface area contributed by atoms with E-state index in [0.29, 0.717) is 22.1 Å². The quantitative estimate of drug-likeness (QED) is 0.350. The minimum absolute atomic E-state index is 0.0163. The van der Waals surface area contributed by atoms with Crippen molar-refractivity contribution in [2.75, 3.05) is 0 Å². The van der Waals surface area contributed by atoms with Crippen LogP contribution >= 0.6 is 7.37 Å². The van der Waals surface area contributed by atoms with Gasteiger partial charge in [-0.05, 0) is 55.7 Å². The van der Waals surface area contributed by atoms with E-state index >= 15 is 0 Å². The summed E-state index contributed by atoms with van der Waals surface area (Å²) in [4.78, 5) is 20.2. The van der Waals surface area contributed by atoms with Gasteiger partial charge >= 0.3 is 5.97 Å². The number of carbonyl (C=O) groups is 1. The van der Waals surface area contributed by atoms with Crippen molar-refractivity contribution in [2.45, 2.75) is 46.3 Å². The van der Waals surface area contributed by atoms with E-state index in [9.17, 15) is 19.4 Å². The predicted molar refractivity (Wildman–Crippen MR) is 142 cm³/mol. The van der Waals surface area contributed by atoms with E-state index in [4.69, 9.17) is 10.2 Å². The maximum atomic E-state index is 12.2. The molecule has 0 amide bonds. The van der Waals surface area contributed by atoms with E-state index in [0.717, 1.165) is 6.42 Å². The second-order valence-electron chi connectivity index (χ2n) is 8.71. The number of aromatic carboxylic acids is 1. The lowest BCUT2D eigenvalue weighted by molar-refractivity contribution is 0.0206. The van der Waals surface area contributed by atoms with Crippen LogP contribution < -0.4 is 10.6 Å². The van der Waals surface area contributed by atoms with E-state index in [1.807, 2.05) is 19.1 Å². The molecule has 3 rings (SSSR count). The van der Waals surface area contributed by atoms with Gasteiger partial charge in [-0.25, -0.2) is 4.79 Å². The Morgan fingerprint density at radius 3 is 1.40 bits per heavy atom. The predicted octanol–water partition coefficient (Wildman–Crippen LogP) is 4.70. The number of aliphatic hydroxyl groups excluding tert-OH is 2. The van der Waals surface area contributed by atoms with Crippen molar-refractivity contribution in [3.05, 3.63) is 96.6 Å². The first-order valence-electron chi connectivity index (χ1n) is 11.5. The summed E-state index contributed by atoms with van der Waals surface area (Å²) in [5, 5.41) is 28.0. The molecule has 0 aliphatic carbocycles. The first kappa shape index (κ1) is 30.3. The molecule has 4 N–H and O–H groups in total. The molecular formula is C28H37O6P. The third kappa shape index (κ3) is 11.0. The van der Waals surface area contributed by atoms with E-state index in [1.54, 1.807) is 85.8 Å². The summed E-state index contributed by atoms with van der Waals surface area (Å²) in [5.41, 5.74) is 0.331. The molecule has 0 fully saturated rings. The van der Waals surface area contributed by atoms with Crippen molar-refractivity contribution >= 4 is 23.9 Å². The standard InChI is InChI=1S/C12H11O2P.C9H20O2.C7H6O2/c13-15(14,11-7-3-1-4-8-11)12-9-5-2-6-10-12;1-6(2)5-9(11)7(3)8(4)10;8-7(9)6-4-2-1-3-5-6/h1-10H,(H,13,14);6-11H,5H2,1-4H3;1-5H,(H,8,9). The van der Waals surface area contributed by atoms with Gasteiger partial charge in [-0.3, -0.25) is 4.57 Å².